The molecular weight excluding hydrogens is 412 g/mol. The normalized spacial score (nSPS) is 17.7. The van der Waals surface area contributed by atoms with Crippen LogP contribution < -0.4 is 10.1 Å². The number of aryl methyl sites for hydroxylation is 1. The number of amides is 1. The number of nitrogens with one attached hydrogen (secondary N) is 1. The van der Waals surface area contributed by atoms with E-state index in [0.717, 1.165) is 5.56 Å². The number of methoxy groups -OCH3 is 1. The summed E-state index contributed by atoms with van der Waals surface area (Å²) in [5, 5.41) is 3.40. The molecule has 0 bridgehead atoms. The number of anilines is 1. The summed E-state index contributed by atoms with van der Waals surface area (Å²) in [4.78, 5) is 12.8. The number of ether oxygens (including phenoxy) is 1. The average molecular weight is 437 g/mol. The molecule has 2 aromatic rings. The van der Waals surface area contributed by atoms with Crippen LogP contribution >= 0.6 is 11.6 Å². The summed E-state index contributed by atoms with van der Waals surface area (Å²) in [6.07, 6.45) is 1.28. The Balaban J connectivity index is 1.70. The molecule has 0 unspecified atom stereocenters. The van der Waals surface area contributed by atoms with Crippen LogP contribution in [0.4, 0.5) is 5.69 Å². The van der Waals surface area contributed by atoms with Gasteiger partial charge in [0, 0.05) is 18.1 Å². The summed E-state index contributed by atoms with van der Waals surface area (Å²) in [6.45, 7) is 2.52. The maximum atomic E-state index is 12.9. The van der Waals surface area contributed by atoms with Gasteiger partial charge in [-0.2, -0.15) is 0 Å². The molecule has 1 fully saturated rings. The molecule has 1 saturated heterocycles. The van der Waals surface area contributed by atoms with Gasteiger partial charge in [0.15, 0.2) is 0 Å². The summed E-state index contributed by atoms with van der Waals surface area (Å²) < 4.78 is 32.5. The second-order valence-electron chi connectivity index (χ2n) is 7.28. The Labute approximate surface area is 176 Å². The van der Waals surface area contributed by atoms with Crippen molar-refractivity contribution in [3.05, 3.63) is 58.6 Å². The van der Waals surface area contributed by atoms with E-state index in [4.69, 9.17) is 16.3 Å². The first kappa shape index (κ1) is 21.6. The van der Waals surface area contributed by atoms with Gasteiger partial charge in [0.1, 0.15) is 5.75 Å². The highest BCUT2D eigenvalue weighted by Crippen LogP contribution is 2.28. The lowest BCUT2D eigenvalue weighted by Crippen LogP contribution is -2.44. The van der Waals surface area contributed by atoms with E-state index < -0.39 is 15.9 Å². The van der Waals surface area contributed by atoms with Crippen LogP contribution in [0.3, 0.4) is 0 Å². The van der Waals surface area contributed by atoms with Crippen LogP contribution in [-0.2, 0) is 20.6 Å². The van der Waals surface area contributed by atoms with Crippen molar-refractivity contribution in [2.75, 3.05) is 25.5 Å². The zero-order valence-electron chi connectivity index (χ0n) is 16.5. The van der Waals surface area contributed by atoms with E-state index in [1.807, 2.05) is 19.1 Å². The number of rotatable bonds is 6. The molecule has 8 heteroatoms. The molecule has 0 saturated carbocycles. The number of sulfonamides is 1. The molecule has 6 nitrogen and oxygen atoms in total. The number of hydrogen-bond acceptors (Lipinski definition) is 4. The van der Waals surface area contributed by atoms with Crippen LogP contribution in [0.5, 0.6) is 5.75 Å². The lowest BCUT2D eigenvalue weighted by molar-refractivity contribution is -0.120. The van der Waals surface area contributed by atoms with Crippen molar-refractivity contribution in [2.45, 2.75) is 25.5 Å². The fourth-order valence-electron chi connectivity index (χ4n) is 3.49. The van der Waals surface area contributed by atoms with Crippen molar-refractivity contribution in [3.63, 3.8) is 0 Å². The molecule has 0 aliphatic carbocycles. The van der Waals surface area contributed by atoms with Gasteiger partial charge >= 0.3 is 0 Å². The number of piperidine rings is 1. The molecular formula is C21H25ClN2O4S. The maximum Gasteiger partial charge on any atom is 0.228 e. The molecule has 3 rings (SSSR count). The van der Waals surface area contributed by atoms with E-state index in [9.17, 15) is 13.2 Å². The number of benzene rings is 2. The molecule has 29 heavy (non-hydrogen) atoms. The summed E-state index contributed by atoms with van der Waals surface area (Å²) in [7, 11) is -2.00. The molecule has 0 radical (unpaired) electrons. The Morgan fingerprint density at radius 3 is 2.79 bits per heavy atom. The summed E-state index contributed by atoms with van der Waals surface area (Å²) in [5.41, 5.74) is 2.22. The summed E-state index contributed by atoms with van der Waals surface area (Å²) >= 11 is 5.97. The second-order valence-corrected chi connectivity index (χ2v) is 9.68. The molecule has 1 atom stereocenters. The minimum Gasteiger partial charge on any atom is -0.495 e. The molecule has 1 heterocycles. The Kier molecular flexibility index (Phi) is 6.82. The number of halogens is 1. The third-order valence-corrected chi connectivity index (χ3v) is 7.05. The number of carbonyl (C=O) groups excluding carboxylic acids is 1. The smallest absolute Gasteiger partial charge is 0.228 e. The SMILES string of the molecule is COc1ccc(C)cc1NC(=O)[C@H]1CCCN(S(=O)(=O)Cc2cccc(Cl)c2)C1. The van der Waals surface area contributed by atoms with Crippen LogP contribution in [-0.4, -0.2) is 38.8 Å². The van der Waals surface area contributed by atoms with E-state index in [1.165, 1.54) is 4.31 Å². The van der Waals surface area contributed by atoms with E-state index in [1.54, 1.807) is 37.4 Å². The summed E-state index contributed by atoms with van der Waals surface area (Å²) in [6, 6.07) is 12.4. The molecule has 1 aliphatic heterocycles. The Morgan fingerprint density at radius 2 is 2.07 bits per heavy atom. The van der Waals surface area contributed by atoms with E-state index >= 15 is 0 Å². The van der Waals surface area contributed by atoms with Crippen LogP contribution in [0.1, 0.15) is 24.0 Å². The minimum absolute atomic E-state index is 0.131. The van der Waals surface area contributed by atoms with Gasteiger partial charge in [0.05, 0.1) is 24.5 Å². The van der Waals surface area contributed by atoms with Gasteiger partial charge in [-0.3, -0.25) is 4.79 Å². The highest BCUT2D eigenvalue weighted by molar-refractivity contribution is 7.88. The fourth-order valence-corrected chi connectivity index (χ4v) is 5.30. The number of nitrogens with zero attached hydrogens (tertiary/aromatic N) is 1. The van der Waals surface area contributed by atoms with Crippen LogP contribution in [0.25, 0.3) is 0 Å². The van der Waals surface area contributed by atoms with E-state index in [2.05, 4.69) is 5.32 Å². The Bertz CT molecular complexity index is 994. The van der Waals surface area contributed by atoms with Gasteiger partial charge in [-0.1, -0.05) is 29.8 Å². The number of carbonyl (C=O) groups is 1. The molecule has 2 aromatic carbocycles. The van der Waals surface area contributed by atoms with E-state index in [-0.39, 0.29) is 18.2 Å². The standard InChI is InChI=1S/C21H25ClN2O4S/c1-15-8-9-20(28-2)19(11-15)23-21(25)17-6-4-10-24(13-17)29(26,27)14-16-5-3-7-18(22)12-16/h3,5,7-9,11-12,17H,4,6,10,13-14H2,1-2H3,(H,23,25)/t17-/m0/s1. The zero-order chi connectivity index (χ0) is 21.0. The molecule has 156 valence electrons. The van der Waals surface area contributed by atoms with E-state index in [0.29, 0.717) is 41.4 Å². The first-order chi connectivity index (χ1) is 13.8. The van der Waals surface area contributed by atoms with Gasteiger partial charge < -0.3 is 10.1 Å². The first-order valence-electron chi connectivity index (χ1n) is 9.46. The first-order valence-corrected chi connectivity index (χ1v) is 11.4. The fraction of sp³-hybridized carbons (Fsp3) is 0.381. The predicted octanol–water partition coefficient (Wildman–Crippen LogP) is 3.84. The third-order valence-electron chi connectivity index (χ3n) is 5.00. The van der Waals surface area contributed by atoms with Crippen molar-refractivity contribution >= 4 is 33.2 Å². The van der Waals surface area contributed by atoms with Crippen molar-refractivity contribution in [1.29, 1.82) is 0 Å². The quantitative estimate of drug-likeness (QED) is 0.746. The highest BCUT2D eigenvalue weighted by atomic mass is 35.5. The Morgan fingerprint density at radius 1 is 1.28 bits per heavy atom. The zero-order valence-corrected chi connectivity index (χ0v) is 18.1. The topological polar surface area (TPSA) is 75.7 Å². The molecule has 1 amide bonds. The monoisotopic (exact) mass is 436 g/mol. The lowest BCUT2D eigenvalue weighted by Gasteiger charge is -2.31. The average Bonchev–Trinajstić information content (AvgIpc) is 2.68. The van der Waals surface area contributed by atoms with Crippen LogP contribution in [0.2, 0.25) is 5.02 Å². The van der Waals surface area contributed by atoms with Crippen LogP contribution in [0, 0.1) is 12.8 Å². The minimum atomic E-state index is -3.54. The molecule has 0 spiro atoms. The molecule has 1 N–H and O–H groups in total. The maximum absolute atomic E-state index is 12.9. The Hall–Kier alpha value is -2.09. The summed E-state index contributed by atoms with van der Waals surface area (Å²) in [5.74, 6) is -0.169. The van der Waals surface area contributed by atoms with Crippen molar-refractivity contribution < 1.29 is 17.9 Å². The second kappa shape index (κ2) is 9.15. The lowest BCUT2D eigenvalue weighted by atomic mass is 9.98. The van der Waals surface area contributed by atoms with Crippen molar-refractivity contribution in [1.82, 2.24) is 4.31 Å². The van der Waals surface area contributed by atoms with Gasteiger partial charge in [0.2, 0.25) is 15.9 Å². The van der Waals surface area contributed by atoms with Crippen LogP contribution in [0.15, 0.2) is 42.5 Å². The van der Waals surface area contributed by atoms with Gasteiger partial charge in [-0.15, -0.1) is 0 Å². The van der Waals surface area contributed by atoms with Gasteiger partial charge in [-0.05, 0) is 55.2 Å². The van der Waals surface area contributed by atoms with Gasteiger partial charge in [0.25, 0.3) is 0 Å². The largest absolute Gasteiger partial charge is 0.495 e. The third kappa shape index (κ3) is 5.50. The predicted molar refractivity (Wildman–Crippen MR) is 115 cm³/mol. The van der Waals surface area contributed by atoms with Crippen molar-refractivity contribution in [3.8, 4) is 5.75 Å². The number of hydrogen-bond donors (Lipinski definition) is 1. The van der Waals surface area contributed by atoms with Crippen molar-refractivity contribution in [2.24, 2.45) is 5.92 Å². The molecule has 1 aliphatic rings. The molecule has 0 aromatic heterocycles. The highest BCUT2D eigenvalue weighted by Gasteiger charge is 2.32. The van der Waals surface area contributed by atoms with Gasteiger partial charge in [-0.25, -0.2) is 12.7 Å².